The van der Waals surface area contributed by atoms with Crippen LogP contribution in [0.25, 0.3) is 0 Å². The SMILES string of the molecule is Cc1cc(C(F)F)nn1CC(=O)N(C)Cc1ccnn1C. The predicted molar refractivity (Wildman–Crippen MR) is 71.6 cm³/mol. The summed E-state index contributed by atoms with van der Waals surface area (Å²) < 4.78 is 28.1. The van der Waals surface area contributed by atoms with Gasteiger partial charge in [0, 0.05) is 26.0 Å². The summed E-state index contributed by atoms with van der Waals surface area (Å²) in [7, 11) is 3.45. The second-order valence-corrected chi connectivity index (χ2v) is 4.86. The highest BCUT2D eigenvalue weighted by Crippen LogP contribution is 2.18. The molecule has 0 N–H and O–H groups in total. The summed E-state index contributed by atoms with van der Waals surface area (Å²) in [4.78, 5) is 13.6. The number of alkyl halides is 2. The molecule has 0 saturated heterocycles. The molecule has 0 aliphatic carbocycles. The van der Waals surface area contributed by atoms with Gasteiger partial charge in [0.05, 0.1) is 12.2 Å². The van der Waals surface area contributed by atoms with Crippen molar-refractivity contribution in [3.63, 3.8) is 0 Å². The highest BCUT2D eigenvalue weighted by Gasteiger charge is 2.17. The van der Waals surface area contributed by atoms with Crippen molar-refractivity contribution in [1.29, 1.82) is 0 Å². The molecule has 0 aliphatic rings. The van der Waals surface area contributed by atoms with Crippen LogP contribution in [0.3, 0.4) is 0 Å². The van der Waals surface area contributed by atoms with Gasteiger partial charge >= 0.3 is 0 Å². The lowest BCUT2D eigenvalue weighted by atomic mass is 10.3. The third-order valence-corrected chi connectivity index (χ3v) is 3.26. The second kappa shape index (κ2) is 6.02. The minimum absolute atomic E-state index is 0.0626. The van der Waals surface area contributed by atoms with Gasteiger partial charge in [-0.05, 0) is 19.1 Å². The molecule has 0 spiro atoms. The molecule has 6 nitrogen and oxygen atoms in total. The van der Waals surface area contributed by atoms with Gasteiger partial charge < -0.3 is 4.90 Å². The predicted octanol–water partition coefficient (Wildman–Crippen LogP) is 1.52. The van der Waals surface area contributed by atoms with Gasteiger partial charge in [0.25, 0.3) is 6.43 Å². The zero-order valence-electron chi connectivity index (χ0n) is 12.1. The normalized spacial score (nSPS) is 11.1. The molecule has 0 unspecified atom stereocenters. The molecule has 114 valence electrons. The van der Waals surface area contributed by atoms with Gasteiger partial charge in [-0.15, -0.1) is 0 Å². The molecule has 21 heavy (non-hydrogen) atoms. The average molecular weight is 297 g/mol. The number of aromatic nitrogens is 4. The Morgan fingerprint density at radius 2 is 2.19 bits per heavy atom. The quantitative estimate of drug-likeness (QED) is 0.841. The number of aryl methyl sites for hydroxylation is 2. The van der Waals surface area contributed by atoms with Gasteiger partial charge in [0.15, 0.2) is 0 Å². The van der Waals surface area contributed by atoms with Gasteiger partial charge in [-0.25, -0.2) is 8.78 Å². The van der Waals surface area contributed by atoms with Crippen LogP contribution in [0, 0.1) is 6.92 Å². The Morgan fingerprint density at radius 1 is 1.48 bits per heavy atom. The number of hydrogen-bond acceptors (Lipinski definition) is 3. The van der Waals surface area contributed by atoms with Gasteiger partial charge in [0.1, 0.15) is 12.2 Å². The molecule has 0 radical (unpaired) electrons. The number of halogens is 2. The Balaban J connectivity index is 2.02. The van der Waals surface area contributed by atoms with Crippen LogP contribution in [-0.4, -0.2) is 37.4 Å². The zero-order valence-corrected chi connectivity index (χ0v) is 12.1. The Labute approximate surface area is 121 Å². The maximum absolute atomic E-state index is 12.6. The lowest BCUT2D eigenvalue weighted by molar-refractivity contribution is -0.131. The Morgan fingerprint density at radius 3 is 2.71 bits per heavy atom. The van der Waals surface area contributed by atoms with E-state index in [-0.39, 0.29) is 18.1 Å². The monoisotopic (exact) mass is 297 g/mol. The smallest absolute Gasteiger partial charge is 0.282 e. The molecule has 0 aromatic carbocycles. The van der Waals surface area contributed by atoms with E-state index < -0.39 is 6.43 Å². The number of nitrogens with zero attached hydrogens (tertiary/aromatic N) is 5. The molecule has 0 aliphatic heterocycles. The molecule has 8 heteroatoms. The fourth-order valence-corrected chi connectivity index (χ4v) is 1.94. The van der Waals surface area contributed by atoms with Crippen LogP contribution in [0.15, 0.2) is 18.3 Å². The van der Waals surface area contributed by atoms with Gasteiger partial charge in [0.2, 0.25) is 5.91 Å². The van der Waals surface area contributed by atoms with E-state index in [1.807, 2.05) is 6.07 Å². The lowest BCUT2D eigenvalue weighted by Gasteiger charge is -2.17. The Kier molecular flexibility index (Phi) is 4.35. The molecule has 2 aromatic heterocycles. The highest BCUT2D eigenvalue weighted by molar-refractivity contribution is 5.75. The topological polar surface area (TPSA) is 56.0 Å². The number of rotatable bonds is 5. The largest absolute Gasteiger partial charge is 0.338 e. The van der Waals surface area contributed by atoms with Crippen LogP contribution < -0.4 is 0 Å². The minimum Gasteiger partial charge on any atom is -0.338 e. The fraction of sp³-hybridized carbons (Fsp3) is 0.462. The first-order chi connectivity index (χ1) is 9.88. The summed E-state index contributed by atoms with van der Waals surface area (Å²) in [5, 5.41) is 7.78. The van der Waals surface area contributed by atoms with E-state index in [0.29, 0.717) is 12.2 Å². The average Bonchev–Trinajstić information content (AvgIpc) is 2.97. The van der Waals surface area contributed by atoms with Crippen LogP contribution in [0.1, 0.15) is 23.5 Å². The van der Waals surface area contributed by atoms with Crippen LogP contribution in [0.2, 0.25) is 0 Å². The van der Waals surface area contributed by atoms with E-state index in [1.54, 1.807) is 31.9 Å². The van der Waals surface area contributed by atoms with E-state index in [2.05, 4.69) is 10.2 Å². The molecule has 0 saturated carbocycles. The van der Waals surface area contributed by atoms with Crippen molar-refractivity contribution in [3.05, 3.63) is 35.4 Å². The first-order valence-electron chi connectivity index (χ1n) is 6.42. The number of carbonyl (C=O) groups excluding carboxylic acids is 1. The molecule has 0 fully saturated rings. The molecular formula is C13H17F2N5O. The molecule has 1 amide bonds. The molecule has 2 rings (SSSR count). The Bertz CT molecular complexity index is 634. The van der Waals surface area contributed by atoms with Crippen molar-refractivity contribution in [3.8, 4) is 0 Å². The first kappa shape index (κ1) is 15.1. The molecule has 2 heterocycles. The van der Waals surface area contributed by atoms with Gasteiger partial charge in [-0.1, -0.05) is 0 Å². The van der Waals surface area contributed by atoms with Crippen molar-refractivity contribution < 1.29 is 13.6 Å². The van der Waals surface area contributed by atoms with E-state index in [9.17, 15) is 13.6 Å². The van der Waals surface area contributed by atoms with Crippen molar-refractivity contribution in [2.45, 2.75) is 26.4 Å². The maximum atomic E-state index is 12.6. The lowest BCUT2D eigenvalue weighted by Crippen LogP contribution is -2.31. The van der Waals surface area contributed by atoms with Gasteiger partial charge in [-0.3, -0.25) is 14.2 Å². The fourth-order valence-electron chi connectivity index (χ4n) is 1.94. The summed E-state index contributed by atoms with van der Waals surface area (Å²) in [6.45, 7) is 1.98. The summed E-state index contributed by atoms with van der Waals surface area (Å²) in [6, 6.07) is 3.11. The Hall–Kier alpha value is -2.25. The standard InChI is InChI=1S/C13H17F2N5O/c1-9-6-11(13(14)15)17-20(9)8-12(21)18(2)7-10-4-5-16-19(10)3/h4-6,13H,7-8H2,1-3H3. The van der Waals surface area contributed by atoms with Crippen LogP contribution in [0.5, 0.6) is 0 Å². The second-order valence-electron chi connectivity index (χ2n) is 4.86. The highest BCUT2D eigenvalue weighted by atomic mass is 19.3. The number of amides is 1. The van der Waals surface area contributed by atoms with Crippen LogP contribution in [0.4, 0.5) is 8.78 Å². The zero-order chi connectivity index (χ0) is 15.6. The van der Waals surface area contributed by atoms with Crippen LogP contribution >= 0.6 is 0 Å². The molecular weight excluding hydrogens is 280 g/mol. The number of likely N-dealkylation sites (N-methyl/N-ethyl adjacent to an activating group) is 1. The van der Waals surface area contributed by atoms with Crippen molar-refractivity contribution in [2.75, 3.05) is 7.05 Å². The van der Waals surface area contributed by atoms with Gasteiger partial charge in [-0.2, -0.15) is 10.2 Å². The third kappa shape index (κ3) is 3.45. The molecule has 0 atom stereocenters. The summed E-state index contributed by atoms with van der Waals surface area (Å²) in [5.41, 5.74) is 1.11. The van der Waals surface area contributed by atoms with E-state index in [0.717, 1.165) is 5.69 Å². The van der Waals surface area contributed by atoms with E-state index in [1.165, 1.54) is 15.6 Å². The third-order valence-electron chi connectivity index (χ3n) is 3.26. The minimum atomic E-state index is -2.63. The van der Waals surface area contributed by atoms with Crippen LogP contribution in [-0.2, 0) is 24.9 Å². The number of carbonyl (C=O) groups is 1. The molecule has 2 aromatic rings. The van der Waals surface area contributed by atoms with Crippen molar-refractivity contribution in [1.82, 2.24) is 24.5 Å². The van der Waals surface area contributed by atoms with Crippen molar-refractivity contribution in [2.24, 2.45) is 7.05 Å². The summed E-state index contributed by atoms with van der Waals surface area (Å²) in [6.07, 6.45) is -0.979. The van der Waals surface area contributed by atoms with Crippen molar-refractivity contribution >= 4 is 5.91 Å². The van der Waals surface area contributed by atoms with E-state index in [4.69, 9.17) is 0 Å². The first-order valence-corrected chi connectivity index (χ1v) is 6.42. The summed E-state index contributed by atoms with van der Waals surface area (Å²) >= 11 is 0. The molecule has 0 bridgehead atoms. The summed E-state index contributed by atoms with van der Waals surface area (Å²) in [5.74, 6) is -0.205. The number of hydrogen-bond donors (Lipinski definition) is 0. The maximum Gasteiger partial charge on any atom is 0.282 e. The van der Waals surface area contributed by atoms with E-state index >= 15 is 0 Å².